The Kier molecular flexibility index (Phi) is 7.70. The van der Waals surface area contributed by atoms with Gasteiger partial charge in [-0.05, 0) is 32.6 Å². The highest BCUT2D eigenvalue weighted by atomic mass is 16.5. The highest BCUT2D eigenvalue weighted by Gasteiger charge is 2.43. The molecule has 1 heterocycles. The van der Waals surface area contributed by atoms with Gasteiger partial charge >= 0.3 is 5.97 Å². The molecule has 0 aromatic heterocycles. The summed E-state index contributed by atoms with van der Waals surface area (Å²) in [6.07, 6.45) is 14.7. The molecule has 142 valence electrons. The first kappa shape index (κ1) is 20.2. The van der Waals surface area contributed by atoms with E-state index in [-0.39, 0.29) is 23.9 Å². The first-order valence-electron chi connectivity index (χ1n) is 9.87. The molecule has 0 amide bonds. The van der Waals surface area contributed by atoms with Crippen LogP contribution in [0.4, 0.5) is 0 Å². The highest BCUT2D eigenvalue weighted by molar-refractivity contribution is 5.69. The zero-order valence-electron chi connectivity index (χ0n) is 15.7. The van der Waals surface area contributed by atoms with Gasteiger partial charge in [-0.3, -0.25) is 4.79 Å². The molecule has 0 saturated heterocycles. The summed E-state index contributed by atoms with van der Waals surface area (Å²) in [5, 5.41) is 21.0. The first-order chi connectivity index (χ1) is 11.9. The minimum Gasteiger partial charge on any atom is -0.462 e. The Balaban J connectivity index is 2.06. The number of carbonyl (C=O) groups is 1. The van der Waals surface area contributed by atoms with Crippen LogP contribution in [0.3, 0.4) is 0 Å². The molecule has 1 unspecified atom stereocenters. The summed E-state index contributed by atoms with van der Waals surface area (Å²) in [4.78, 5) is 11.9. The predicted octanol–water partition coefficient (Wildman–Crippen LogP) is 3.91. The molecular formula is C21H34O4. The first-order valence-corrected chi connectivity index (χ1v) is 9.87. The van der Waals surface area contributed by atoms with Gasteiger partial charge in [0.05, 0.1) is 11.7 Å². The molecule has 4 nitrogen and oxygen atoms in total. The number of ether oxygens (including phenoxy) is 1. The maximum Gasteiger partial charge on any atom is 0.306 e. The van der Waals surface area contributed by atoms with E-state index in [9.17, 15) is 15.0 Å². The monoisotopic (exact) mass is 350 g/mol. The molecule has 1 saturated carbocycles. The molecular weight excluding hydrogens is 316 g/mol. The number of hydrogen-bond donors (Lipinski definition) is 2. The fourth-order valence-corrected chi connectivity index (χ4v) is 3.92. The van der Waals surface area contributed by atoms with Gasteiger partial charge in [-0.25, -0.2) is 0 Å². The lowest BCUT2D eigenvalue weighted by Gasteiger charge is -2.25. The van der Waals surface area contributed by atoms with Gasteiger partial charge in [0.25, 0.3) is 0 Å². The number of hydrogen-bond acceptors (Lipinski definition) is 4. The Hall–Kier alpha value is -1.13. The lowest BCUT2D eigenvalue weighted by atomic mass is 9.87. The third-order valence-corrected chi connectivity index (χ3v) is 5.46. The van der Waals surface area contributed by atoms with E-state index in [0.717, 1.165) is 44.9 Å². The third-order valence-electron chi connectivity index (χ3n) is 5.46. The van der Waals surface area contributed by atoms with Gasteiger partial charge in [-0.1, -0.05) is 50.5 Å². The second-order valence-electron chi connectivity index (χ2n) is 7.85. The van der Waals surface area contributed by atoms with E-state index < -0.39 is 11.7 Å². The molecule has 4 heteroatoms. The van der Waals surface area contributed by atoms with Crippen LogP contribution in [0.2, 0.25) is 0 Å². The maximum atomic E-state index is 11.9. The van der Waals surface area contributed by atoms with Crippen molar-refractivity contribution in [2.24, 2.45) is 11.8 Å². The number of carbonyl (C=O) groups excluding carboxylic acids is 1. The number of fused-ring (bicyclic) bond motifs is 1. The lowest BCUT2D eigenvalue weighted by Crippen LogP contribution is -2.26. The van der Waals surface area contributed by atoms with E-state index in [1.807, 2.05) is 19.1 Å². The highest BCUT2D eigenvalue weighted by Crippen LogP contribution is 2.39. The molecule has 25 heavy (non-hydrogen) atoms. The van der Waals surface area contributed by atoms with Crippen LogP contribution in [-0.4, -0.2) is 34.0 Å². The normalized spacial score (nSPS) is 34.3. The summed E-state index contributed by atoms with van der Waals surface area (Å²) in [7, 11) is 0. The van der Waals surface area contributed by atoms with Crippen LogP contribution in [0, 0.1) is 11.8 Å². The Labute approximate surface area is 152 Å². The minimum atomic E-state index is -0.852. The molecule has 2 aliphatic rings. The number of aliphatic hydroxyl groups excluding tert-OH is 1. The third kappa shape index (κ3) is 6.27. The number of unbranched alkanes of at least 4 members (excludes halogenated alkanes) is 2. The van der Waals surface area contributed by atoms with E-state index >= 15 is 0 Å². The van der Waals surface area contributed by atoms with E-state index in [2.05, 4.69) is 19.1 Å². The molecule has 1 aliphatic carbocycles. The van der Waals surface area contributed by atoms with Crippen LogP contribution in [0.1, 0.15) is 71.6 Å². The molecule has 2 rings (SSSR count). The van der Waals surface area contributed by atoms with Crippen LogP contribution in [0.15, 0.2) is 24.3 Å². The van der Waals surface area contributed by atoms with Crippen molar-refractivity contribution < 1.29 is 19.7 Å². The zero-order chi connectivity index (χ0) is 18.3. The van der Waals surface area contributed by atoms with Crippen LogP contribution >= 0.6 is 0 Å². The van der Waals surface area contributed by atoms with E-state index in [1.54, 1.807) is 0 Å². The van der Waals surface area contributed by atoms with Crippen molar-refractivity contribution in [3.8, 4) is 0 Å². The summed E-state index contributed by atoms with van der Waals surface area (Å²) in [6.45, 7) is 3.97. The van der Waals surface area contributed by atoms with Crippen LogP contribution < -0.4 is 0 Å². The number of esters is 1. The summed E-state index contributed by atoms with van der Waals surface area (Å²) in [5.74, 6) is -0.163. The Morgan fingerprint density at radius 3 is 2.92 bits per heavy atom. The fraction of sp³-hybridized carbons (Fsp3) is 0.762. The number of aliphatic hydroxyl groups is 2. The molecule has 1 aliphatic heterocycles. The van der Waals surface area contributed by atoms with Crippen molar-refractivity contribution in [2.45, 2.75) is 89.4 Å². The molecule has 0 bridgehead atoms. The van der Waals surface area contributed by atoms with Crippen molar-refractivity contribution in [3.63, 3.8) is 0 Å². The molecule has 0 spiro atoms. The second kappa shape index (κ2) is 9.54. The molecule has 1 fully saturated rings. The van der Waals surface area contributed by atoms with Gasteiger partial charge in [0.1, 0.15) is 6.10 Å². The van der Waals surface area contributed by atoms with Crippen LogP contribution in [0.5, 0.6) is 0 Å². The molecule has 5 atom stereocenters. The van der Waals surface area contributed by atoms with Crippen molar-refractivity contribution in [3.05, 3.63) is 24.3 Å². The van der Waals surface area contributed by atoms with Crippen LogP contribution in [-0.2, 0) is 9.53 Å². The second-order valence-corrected chi connectivity index (χ2v) is 7.85. The number of rotatable bonds is 6. The van der Waals surface area contributed by atoms with Crippen molar-refractivity contribution in [1.82, 2.24) is 0 Å². The van der Waals surface area contributed by atoms with Gasteiger partial charge < -0.3 is 14.9 Å². The summed E-state index contributed by atoms with van der Waals surface area (Å²) >= 11 is 0. The summed E-state index contributed by atoms with van der Waals surface area (Å²) < 4.78 is 5.63. The quantitative estimate of drug-likeness (QED) is 0.433. The van der Waals surface area contributed by atoms with Gasteiger partial charge in [-0.15, -0.1) is 0 Å². The van der Waals surface area contributed by atoms with E-state index in [1.165, 1.54) is 0 Å². The largest absolute Gasteiger partial charge is 0.462 e. The van der Waals surface area contributed by atoms with Crippen molar-refractivity contribution in [2.75, 3.05) is 0 Å². The average molecular weight is 350 g/mol. The standard InChI is InChI=1S/C21H34O4/c1-3-4-9-13-21(2,24)14-12-16-17-10-7-5-6-8-11-20(23)25-19(17)15-18(16)22/h5,7,12,14,16-19,22,24H,3-4,6,8-11,13,15H2,1-2H3/b7-5-,14-12+/t16?,17-,18-,19+,21+/m1/s1. The Morgan fingerprint density at radius 1 is 1.36 bits per heavy atom. The van der Waals surface area contributed by atoms with Gasteiger partial charge in [0, 0.05) is 24.7 Å². The van der Waals surface area contributed by atoms with Gasteiger partial charge in [0.2, 0.25) is 0 Å². The predicted molar refractivity (Wildman–Crippen MR) is 99.0 cm³/mol. The van der Waals surface area contributed by atoms with Gasteiger partial charge in [0.15, 0.2) is 0 Å². The fourth-order valence-electron chi connectivity index (χ4n) is 3.92. The SMILES string of the molecule is CCCCC[C@](C)(O)/C=C/C1[C@H](O)C[C@@H]2OC(=O)CCC/C=C\C[C@H]12. The Morgan fingerprint density at radius 2 is 2.16 bits per heavy atom. The molecule has 0 aromatic carbocycles. The van der Waals surface area contributed by atoms with Gasteiger partial charge in [-0.2, -0.15) is 0 Å². The van der Waals surface area contributed by atoms with Crippen molar-refractivity contribution in [1.29, 1.82) is 0 Å². The topological polar surface area (TPSA) is 66.8 Å². The summed E-state index contributed by atoms with van der Waals surface area (Å²) in [6, 6.07) is 0. The average Bonchev–Trinajstić information content (AvgIpc) is 2.84. The van der Waals surface area contributed by atoms with Crippen molar-refractivity contribution >= 4 is 5.97 Å². The Bertz CT molecular complexity index is 480. The molecule has 0 aromatic rings. The van der Waals surface area contributed by atoms with E-state index in [4.69, 9.17) is 4.74 Å². The lowest BCUT2D eigenvalue weighted by molar-refractivity contribution is -0.151. The summed E-state index contributed by atoms with van der Waals surface area (Å²) in [5.41, 5.74) is -0.852. The maximum absolute atomic E-state index is 11.9. The molecule has 2 N–H and O–H groups in total. The number of allylic oxidation sites excluding steroid dienone is 2. The van der Waals surface area contributed by atoms with Crippen LogP contribution in [0.25, 0.3) is 0 Å². The minimum absolute atomic E-state index is 0.0796. The van der Waals surface area contributed by atoms with E-state index in [0.29, 0.717) is 12.8 Å². The molecule has 0 radical (unpaired) electrons. The smallest absolute Gasteiger partial charge is 0.306 e. The zero-order valence-corrected chi connectivity index (χ0v) is 15.7.